The molecule has 0 spiro atoms. The molecule has 0 saturated heterocycles. The van der Waals surface area contributed by atoms with Gasteiger partial charge in [0.25, 0.3) is 5.91 Å². The Morgan fingerprint density at radius 1 is 1.18 bits per heavy atom. The van der Waals surface area contributed by atoms with Crippen molar-refractivity contribution in [2.75, 3.05) is 5.01 Å². The van der Waals surface area contributed by atoms with Crippen LogP contribution in [0.3, 0.4) is 0 Å². The summed E-state index contributed by atoms with van der Waals surface area (Å²) in [6.45, 7) is 8.03. The standard InChI is InChI=1S/C14H18N2O/c1-10(2)12-14(3,4)13(17)16(15-12)11-8-6-5-7-9-11/h5-10H,1-4H3. The van der Waals surface area contributed by atoms with Crippen LogP contribution in [0.2, 0.25) is 0 Å². The second-order valence-corrected chi connectivity index (χ2v) is 5.22. The van der Waals surface area contributed by atoms with Crippen molar-refractivity contribution >= 4 is 17.3 Å². The average Bonchev–Trinajstić information content (AvgIpc) is 2.52. The zero-order chi connectivity index (χ0) is 12.6. The maximum absolute atomic E-state index is 12.4. The van der Waals surface area contributed by atoms with Crippen molar-refractivity contribution in [3.8, 4) is 0 Å². The van der Waals surface area contributed by atoms with E-state index in [4.69, 9.17) is 0 Å². The molecular formula is C14H18N2O. The first-order chi connectivity index (χ1) is 7.94. The van der Waals surface area contributed by atoms with Gasteiger partial charge in [0.1, 0.15) is 0 Å². The van der Waals surface area contributed by atoms with Crippen molar-refractivity contribution in [3.63, 3.8) is 0 Å². The molecule has 0 saturated carbocycles. The van der Waals surface area contributed by atoms with Gasteiger partial charge in [-0.2, -0.15) is 10.1 Å². The summed E-state index contributed by atoms with van der Waals surface area (Å²) in [6.07, 6.45) is 0. The third-order valence-electron chi connectivity index (χ3n) is 3.12. The Morgan fingerprint density at radius 2 is 1.76 bits per heavy atom. The summed E-state index contributed by atoms with van der Waals surface area (Å²) in [6, 6.07) is 9.57. The van der Waals surface area contributed by atoms with Gasteiger partial charge in [-0.05, 0) is 31.9 Å². The van der Waals surface area contributed by atoms with Crippen LogP contribution in [0, 0.1) is 11.3 Å². The van der Waals surface area contributed by atoms with Gasteiger partial charge < -0.3 is 0 Å². The molecule has 2 rings (SSSR count). The van der Waals surface area contributed by atoms with Gasteiger partial charge in [0.05, 0.1) is 16.8 Å². The Hall–Kier alpha value is -1.64. The lowest BCUT2D eigenvalue weighted by Gasteiger charge is -2.20. The van der Waals surface area contributed by atoms with Crippen LogP contribution in [-0.2, 0) is 4.79 Å². The molecule has 1 amide bonds. The SMILES string of the molecule is CC(C)C1=NN(c2ccccc2)C(=O)C1(C)C. The number of hydrogen-bond donors (Lipinski definition) is 0. The van der Waals surface area contributed by atoms with Crippen LogP contribution < -0.4 is 5.01 Å². The van der Waals surface area contributed by atoms with Crippen molar-refractivity contribution in [2.45, 2.75) is 27.7 Å². The zero-order valence-corrected chi connectivity index (χ0v) is 10.8. The third kappa shape index (κ3) is 1.86. The Morgan fingerprint density at radius 3 is 2.24 bits per heavy atom. The zero-order valence-electron chi connectivity index (χ0n) is 10.8. The number of benzene rings is 1. The molecule has 90 valence electrons. The number of rotatable bonds is 2. The van der Waals surface area contributed by atoms with E-state index >= 15 is 0 Å². The largest absolute Gasteiger partial charge is 0.271 e. The third-order valence-corrected chi connectivity index (χ3v) is 3.12. The van der Waals surface area contributed by atoms with Gasteiger partial charge in [-0.25, -0.2) is 0 Å². The van der Waals surface area contributed by atoms with Crippen LogP contribution in [0.5, 0.6) is 0 Å². The molecule has 0 bridgehead atoms. The van der Waals surface area contributed by atoms with Gasteiger partial charge >= 0.3 is 0 Å². The molecular weight excluding hydrogens is 212 g/mol. The summed E-state index contributed by atoms with van der Waals surface area (Å²) in [5, 5.41) is 6.02. The lowest BCUT2D eigenvalue weighted by molar-refractivity contribution is -0.122. The number of amides is 1. The topological polar surface area (TPSA) is 32.7 Å². The number of hydrazone groups is 1. The summed E-state index contributed by atoms with van der Waals surface area (Å²) in [4.78, 5) is 12.4. The summed E-state index contributed by atoms with van der Waals surface area (Å²) >= 11 is 0. The lowest BCUT2D eigenvalue weighted by Crippen LogP contribution is -2.36. The molecule has 0 fully saturated rings. The van der Waals surface area contributed by atoms with Crippen molar-refractivity contribution in [3.05, 3.63) is 30.3 Å². The van der Waals surface area contributed by atoms with Gasteiger partial charge in [-0.3, -0.25) is 4.79 Å². The number of anilines is 1. The predicted octanol–water partition coefficient (Wildman–Crippen LogP) is 3.07. The van der Waals surface area contributed by atoms with Crippen molar-refractivity contribution in [1.82, 2.24) is 0 Å². The molecule has 0 N–H and O–H groups in total. The van der Waals surface area contributed by atoms with E-state index < -0.39 is 5.41 Å². The smallest absolute Gasteiger partial charge is 0.258 e. The second-order valence-electron chi connectivity index (χ2n) is 5.22. The Kier molecular flexibility index (Phi) is 2.77. The number of hydrogen-bond acceptors (Lipinski definition) is 2. The van der Waals surface area contributed by atoms with Gasteiger partial charge in [-0.15, -0.1) is 0 Å². The van der Waals surface area contributed by atoms with E-state index in [0.29, 0.717) is 0 Å². The van der Waals surface area contributed by atoms with Crippen molar-refractivity contribution < 1.29 is 4.79 Å². The van der Waals surface area contributed by atoms with Crippen LogP contribution in [0.4, 0.5) is 5.69 Å². The molecule has 3 nitrogen and oxygen atoms in total. The molecule has 0 aliphatic carbocycles. The molecule has 0 aromatic heterocycles. The Balaban J connectivity index is 2.43. The number of nitrogens with zero attached hydrogens (tertiary/aromatic N) is 2. The molecule has 1 aromatic carbocycles. The molecule has 17 heavy (non-hydrogen) atoms. The molecule has 3 heteroatoms. The minimum absolute atomic E-state index is 0.0485. The van der Waals surface area contributed by atoms with Crippen LogP contribution in [-0.4, -0.2) is 11.6 Å². The number of para-hydroxylation sites is 1. The highest BCUT2D eigenvalue weighted by molar-refractivity contribution is 6.19. The van der Waals surface area contributed by atoms with E-state index in [9.17, 15) is 4.79 Å². The second kappa shape index (κ2) is 3.99. The first kappa shape index (κ1) is 11.8. The van der Waals surface area contributed by atoms with Crippen LogP contribution in [0.15, 0.2) is 35.4 Å². The van der Waals surface area contributed by atoms with E-state index in [1.165, 1.54) is 5.01 Å². The molecule has 0 atom stereocenters. The molecule has 1 aromatic rings. The van der Waals surface area contributed by atoms with E-state index in [-0.39, 0.29) is 11.8 Å². The summed E-state index contributed by atoms with van der Waals surface area (Å²) in [5.74, 6) is 0.329. The van der Waals surface area contributed by atoms with Gasteiger partial charge in [0, 0.05) is 0 Å². The Bertz CT molecular complexity index is 460. The normalized spacial score (nSPS) is 18.8. The fourth-order valence-corrected chi connectivity index (χ4v) is 2.23. The highest BCUT2D eigenvalue weighted by atomic mass is 16.2. The minimum Gasteiger partial charge on any atom is -0.271 e. The van der Waals surface area contributed by atoms with E-state index in [0.717, 1.165) is 11.4 Å². The fourth-order valence-electron chi connectivity index (χ4n) is 2.23. The van der Waals surface area contributed by atoms with Crippen molar-refractivity contribution in [1.29, 1.82) is 0 Å². The number of carbonyl (C=O) groups is 1. The Labute approximate surface area is 102 Å². The average molecular weight is 230 g/mol. The van der Waals surface area contributed by atoms with Crippen LogP contribution >= 0.6 is 0 Å². The summed E-state index contributed by atoms with van der Waals surface area (Å²) in [7, 11) is 0. The molecule has 1 aliphatic rings. The first-order valence-electron chi connectivity index (χ1n) is 5.93. The molecule has 1 heterocycles. The lowest BCUT2D eigenvalue weighted by atomic mass is 9.82. The molecule has 0 unspecified atom stereocenters. The van der Waals surface area contributed by atoms with E-state index in [1.54, 1.807) is 0 Å². The summed E-state index contributed by atoms with van der Waals surface area (Å²) in [5.41, 5.74) is 1.29. The van der Waals surface area contributed by atoms with Crippen LogP contribution in [0.1, 0.15) is 27.7 Å². The van der Waals surface area contributed by atoms with E-state index in [2.05, 4.69) is 18.9 Å². The fraction of sp³-hybridized carbons (Fsp3) is 0.429. The quantitative estimate of drug-likeness (QED) is 0.768. The van der Waals surface area contributed by atoms with E-state index in [1.807, 2.05) is 44.2 Å². The van der Waals surface area contributed by atoms with Crippen LogP contribution in [0.25, 0.3) is 0 Å². The number of carbonyl (C=O) groups excluding carboxylic acids is 1. The van der Waals surface area contributed by atoms with Crippen molar-refractivity contribution in [2.24, 2.45) is 16.4 Å². The molecule has 0 radical (unpaired) electrons. The minimum atomic E-state index is -0.496. The first-order valence-corrected chi connectivity index (χ1v) is 5.93. The van der Waals surface area contributed by atoms with Gasteiger partial charge in [-0.1, -0.05) is 32.0 Å². The maximum Gasteiger partial charge on any atom is 0.258 e. The monoisotopic (exact) mass is 230 g/mol. The summed E-state index contributed by atoms with van der Waals surface area (Å²) < 4.78 is 0. The maximum atomic E-state index is 12.4. The highest BCUT2D eigenvalue weighted by Gasteiger charge is 2.44. The van der Waals surface area contributed by atoms with Gasteiger partial charge in [0.2, 0.25) is 0 Å². The van der Waals surface area contributed by atoms with Gasteiger partial charge in [0.15, 0.2) is 0 Å². The highest BCUT2D eigenvalue weighted by Crippen LogP contribution is 2.34. The predicted molar refractivity (Wildman–Crippen MR) is 70.0 cm³/mol. The molecule has 1 aliphatic heterocycles.